The Hall–Kier alpha value is -1.79. The molecule has 104 valence electrons. The third-order valence-electron chi connectivity index (χ3n) is 2.55. The molecule has 2 rings (SSSR count). The van der Waals surface area contributed by atoms with Crippen molar-refractivity contribution in [3.63, 3.8) is 0 Å². The highest BCUT2D eigenvalue weighted by Crippen LogP contribution is 2.23. The molecule has 0 aliphatic heterocycles. The zero-order chi connectivity index (χ0) is 14.7. The summed E-state index contributed by atoms with van der Waals surface area (Å²) in [6.07, 6.45) is 1.54. The predicted octanol–water partition coefficient (Wildman–Crippen LogP) is 2.49. The van der Waals surface area contributed by atoms with E-state index in [-0.39, 0.29) is 18.0 Å². The van der Waals surface area contributed by atoms with E-state index >= 15 is 0 Å². The number of hydrogen-bond donors (Lipinski definition) is 2. The molecule has 0 aliphatic carbocycles. The van der Waals surface area contributed by atoms with Crippen molar-refractivity contribution in [1.82, 2.24) is 4.57 Å². The Kier molecular flexibility index (Phi) is 4.46. The highest BCUT2D eigenvalue weighted by atomic mass is 79.9. The standard InChI is InChI=1S/C13H11BrClN3O2/c14-9-2-1-5-18(13(9)20)7-12(19)17-11-6-8(16)3-4-10(11)15/h1-6H,7,16H2,(H,17,19). The number of nitrogens with two attached hydrogens (primary N) is 1. The van der Waals surface area contributed by atoms with Crippen LogP contribution in [0.3, 0.4) is 0 Å². The SMILES string of the molecule is Nc1ccc(Cl)c(NC(=O)Cn2cccc(Br)c2=O)c1. The zero-order valence-corrected chi connectivity index (χ0v) is 12.6. The van der Waals surface area contributed by atoms with Crippen LogP contribution < -0.4 is 16.6 Å². The topological polar surface area (TPSA) is 77.1 Å². The number of anilines is 2. The van der Waals surface area contributed by atoms with Crippen LogP contribution in [0.5, 0.6) is 0 Å². The molecule has 7 heteroatoms. The fraction of sp³-hybridized carbons (Fsp3) is 0.0769. The number of nitrogens with zero attached hydrogens (tertiary/aromatic N) is 1. The summed E-state index contributed by atoms with van der Waals surface area (Å²) in [5, 5.41) is 3.00. The van der Waals surface area contributed by atoms with Crippen molar-refractivity contribution < 1.29 is 4.79 Å². The van der Waals surface area contributed by atoms with Gasteiger partial charge in [0, 0.05) is 11.9 Å². The van der Waals surface area contributed by atoms with Gasteiger partial charge in [0.15, 0.2) is 0 Å². The van der Waals surface area contributed by atoms with Crippen LogP contribution in [0.25, 0.3) is 0 Å². The maximum atomic E-state index is 11.9. The second-order valence-corrected chi connectivity index (χ2v) is 5.34. The van der Waals surface area contributed by atoms with Gasteiger partial charge in [-0.15, -0.1) is 0 Å². The third kappa shape index (κ3) is 3.40. The van der Waals surface area contributed by atoms with Crippen molar-refractivity contribution in [2.45, 2.75) is 6.54 Å². The van der Waals surface area contributed by atoms with Gasteiger partial charge in [-0.3, -0.25) is 9.59 Å². The average Bonchev–Trinajstić information content (AvgIpc) is 2.39. The van der Waals surface area contributed by atoms with Crippen LogP contribution in [-0.2, 0) is 11.3 Å². The summed E-state index contributed by atoms with van der Waals surface area (Å²) >= 11 is 9.07. The minimum Gasteiger partial charge on any atom is -0.399 e. The van der Waals surface area contributed by atoms with Gasteiger partial charge in [-0.2, -0.15) is 0 Å². The van der Waals surface area contributed by atoms with Gasteiger partial charge in [0.2, 0.25) is 5.91 Å². The van der Waals surface area contributed by atoms with E-state index in [0.29, 0.717) is 20.9 Å². The number of pyridine rings is 1. The Morgan fingerprint density at radius 3 is 2.90 bits per heavy atom. The molecule has 0 aliphatic rings. The number of amides is 1. The van der Waals surface area contributed by atoms with Crippen LogP contribution >= 0.6 is 27.5 Å². The lowest BCUT2D eigenvalue weighted by Crippen LogP contribution is -2.27. The Morgan fingerprint density at radius 1 is 1.40 bits per heavy atom. The van der Waals surface area contributed by atoms with Gasteiger partial charge in [0.1, 0.15) is 6.54 Å². The summed E-state index contributed by atoms with van der Waals surface area (Å²) in [5.41, 5.74) is 6.26. The van der Waals surface area contributed by atoms with Gasteiger partial charge < -0.3 is 15.6 Å². The molecule has 1 heterocycles. The van der Waals surface area contributed by atoms with Gasteiger partial charge in [-0.1, -0.05) is 11.6 Å². The molecule has 0 atom stereocenters. The molecule has 2 aromatic rings. The number of nitrogen functional groups attached to an aromatic ring is 1. The first-order valence-corrected chi connectivity index (χ1v) is 6.84. The van der Waals surface area contributed by atoms with Crippen LogP contribution in [0.1, 0.15) is 0 Å². The molecule has 0 bridgehead atoms. The Labute approximate surface area is 128 Å². The van der Waals surface area contributed by atoms with Gasteiger partial charge in [-0.25, -0.2) is 0 Å². The lowest BCUT2D eigenvalue weighted by atomic mass is 10.3. The molecule has 20 heavy (non-hydrogen) atoms. The first-order chi connectivity index (χ1) is 9.47. The van der Waals surface area contributed by atoms with Crippen molar-refractivity contribution >= 4 is 44.8 Å². The highest BCUT2D eigenvalue weighted by molar-refractivity contribution is 9.10. The lowest BCUT2D eigenvalue weighted by molar-refractivity contribution is -0.116. The smallest absolute Gasteiger partial charge is 0.265 e. The molecule has 0 radical (unpaired) electrons. The molecule has 0 spiro atoms. The number of carbonyl (C=O) groups excluding carboxylic acids is 1. The number of halogens is 2. The van der Waals surface area contributed by atoms with Crippen LogP contribution in [0.2, 0.25) is 5.02 Å². The quantitative estimate of drug-likeness (QED) is 0.830. The van der Waals surface area contributed by atoms with E-state index < -0.39 is 0 Å². The summed E-state index contributed by atoms with van der Waals surface area (Å²) in [6, 6.07) is 8.08. The predicted molar refractivity (Wildman–Crippen MR) is 82.9 cm³/mol. The van der Waals surface area contributed by atoms with Crippen LogP contribution in [0, 0.1) is 0 Å². The van der Waals surface area contributed by atoms with Crippen LogP contribution in [-0.4, -0.2) is 10.5 Å². The molecule has 0 fully saturated rings. The van der Waals surface area contributed by atoms with Crippen molar-refractivity contribution in [2.75, 3.05) is 11.1 Å². The summed E-state index contributed by atoms with van der Waals surface area (Å²) in [4.78, 5) is 23.7. The first kappa shape index (κ1) is 14.6. The molecule has 0 saturated carbocycles. The molecular formula is C13H11BrClN3O2. The Balaban J connectivity index is 2.15. The minimum absolute atomic E-state index is 0.108. The van der Waals surface area contributed by atoms with E-state index in [4.69, 9.17) is 17.3 Å². The summed E-state index contributed by atoms with van der Waals surface area (Å²) < 4.78 is 1.69. The number of rotatable bonds is 3. The molecule has 3 N–H and O–H groups in total. The second-order valence-electron chi connectivity index (χ2n) is 4.08. The summed E-state index contributed by atoms with van der Waals surface area (Å²) in [5.74, 6) is -0.363. The molecule has 1 aromatic carbocycles. The van der Waals surface area contributed by atoms with Gasteiger partial charge in [0.05, 0.1) is 15.2 Å². The monoisotopic (exact) mass is 355 g/mol. The van der Waals surface area contributed by atoms with E-state index in [0.717, 1.165) is 0 Å². The van der Waals surface area contributed by atoms with Crippen LogP contribution in [0.4, 0.5) is 11.4 Å². The number of carbonyl (C=O) groups is 1. The number of nitrogens with one attached hydrogen (secondary N) is 1. The maximum Gasteiger partial charge on any atom is 0.265 e. The van der Waals surface area contributed by atoms with E-state index in [1.54, 1.807) is 30.3 Å². The third-order valence-corrected chi connectivity index (χ3v) is 3.49. The maximum absolute atomic E-state index is 11.9. The first-order valence-electron chi connectivity index (χ1n) is 5.67. The summed E-state index contributed by atoms with van der Waals surface area (Å²) in [6.45, 7) is -0.108. The minimum atomic E-state index is -0.363. The Bertz CT molecular complexity index is 715. The van der Waals surface area contributed by atoms with Crippen molar-refractivity contribution in [2.24, 2.45) is 0 Å². The van der Waals surface area contributed by atoms with Crippen molar-refractivity contribution in [3.8, 4) is 0 Å². The molecule has 5 nitrogen and oxygen atoms in total. The van der Waals surface area contributed by atoms with Crippen molar-refractivity contribution in [1.29, 1.82) is 0 Å². The Morgan fingerprint density at radius 2 is 2.15 bits per heavy atom. The van der Waals surface area contributed by atoms with Gasteiger partial charge >= 0.3 is 0 Å². The van der Waals surface area contributed by atoms with E-state index in [2.05, 4.69) is 21.2 Å². The van der Waals surface area contributed by atoms with E-state index in [9.17, 15) is 9.59 Å². The van der Waals surface area contributed by atoms with E-state index in [1.807, 2.05) is 0 Å². The zero-order valence-electron chi connectivity index (χ0n) is 10.3. The molecule has 1 amide bonds. The van der Waals surface area contributed by atoms with E-state index in [1.165, 1.54) is 10.8 Å². The normalized spacial score (nSPS) is 10.3. The molecule has 1 aromatic heterocycles. The fourth-order valence-electron chi connectivity index (χ4n) is 1.62. The van der Waals surface area contributed by atoms with Gasteiger partial charge in [-0.05, 0) is 46.3 Å². The van der Waals surface area contributed by atoms with Crippen molar-refractivity contribution in [3.05, 3.63) is 56.4 Å². The highest BCUT2D eigenvalue weighted by Gasteiger charge is 2.09. The van der Waals surface area contributed by atoms with Crippen LogP contribution in [0.15, 0.2) is 45.8 Å². The fourth-order valence-corrected chi connectivity index (χ4v) is 2.16. The number of hydrogen-bond acceptors (Lipinski definition) is 3. The largest absolute Gasteiger partial charge is 0.399 e. The van der Waals surface area contributed by atoms with Gasteiger partial charge in [0.25, 0.3) is 5.56 Å². The molecule has 0 saturated heterocycles. The summed E-state index contributed by atoms with van der Waals surface area (Å²) in [7, 11) is 0. The molecular weight excluding hydrogens is 346 g/mol. The molecule has 0 unspecified atom stereocenters. The lowest BCUT2D eigenvalue weighted by Gasteiger charge is -2.09. The number of aromatic nitrogens is 1. The second kappa shape index (κ2) is 6.11. The average molecular weight is 357 g/mol. The number of benzene rings is 1.